The van der Waals surface area contributed by atoms with Gasteiger partial charge in [-0.1, -0.05) is 5.16 Å². The van der Waals surface area contributed by atoms with E-state index in [0.717, 1.165) is 31.6 Å². The van der Waals surface area contributed by atoms with E-state index in [2.05, 4.69) is 37.4 Å². The second kappa shape index (κ2) is 8.52. The molecule has 2 saturated heterocycles. The molecule has 0 unspecified atom stereocenters. The predicted octanol–water partition coefficient (Wildman–Crippen LogP) is 2.55. The van der Waals surface area contributed by atoms with Gasteiger partial charge in [0.15, 0.2) is 0 Å². The minimum absolute atomic E-state index is 0.0230. The molecule has 0 bridgehead atoms. The average molecular weight is 369 g/mol. The third-order valence-corrected chi connectivity index (χ3v) is 5.35. The molecule has 3 heterocycles. The Morgan fingerprint density at radius 1 is 1.04 bits per heavy atom. The number of anilines is 1. The van der Waals surface area contributed by atoms with Gasteiger partial charge in [-0.3, -0.25) is 4.79 Å². The number of rotatable bonds is 7. The van der Waals surface area contributed by atoms with Gasteiger partial charge in [0.2, 0.25) is 5.82 Å². The van der Waals surface area contributed by atoms with E-state index >= 15 is 0 Å². The number of hydrogen-bond donors (Lipinski definition) is 1. The highest BCUT2D eigenvalue weighted by Gasteiger charge is 2.17. The lowest BCUT2D eigenvalue weighted by molar-refractivity contribution is 0.0908. The van der Waals surface area contributed by atoms with Crippen molar-refractivity contribution in [2.75, 3.05) is 44.2 Å². The molecular formula is C20H27N5O2. The SMILES string of the molecule is O=C(NCCCN1CCCC1)c1nc(-c2ccc(N3CCCC3)cc2)no1. The Kier molecular flexibility index (Phi) is 5.67. The maximum absolute atomic E-state index is 12.2. The molecule has 144 valence electrons. The van der Waals surface area contributed by atoms with Crippen LogP contribution in [0.25, 0.3) is 11.4 Å². The van der Waals surface area contributed by atoms with Crippen molar-refractivity contribution in [3.05, 3.63) is 30.2 Å². The van der Waals surface area contributed by atoms with Crippen LogP contribution >= 0.6 is 0 Å². The summed E-state index contributed by atoms with van der Waals surface area (Å²) in [5.74, 6) is 0.170. The van der Waals surface area contributed by atoms with Crippen molar-refractivity contribution in [3.63, 3.8) is 0 Å². The van der Waals surface area contributed by atoms with Gasteiger partial charge in [-0.05, 0) is 76.0 Å². The highest BCUT2D eigenvalue weighted by atomic mass is 16.5. The lowest BCUT2D eigenvalue weighted by Crippen LogP contribution is -2.28. The molecular weight excluding hydrogens is 342 g/mol. The summed E-state index contributed by atoms with van der Waals surface area (Å²) in [6.45, 7) is 6.23. The number of carbonyl (C=O) groups excluding carboxylic acids is 1. The van der Waals surface area contributed by atoms with Crippen LogP contribution in [-0.2, 0) is 0 Å². The molecule has 1 aromatic carbocycles. The van der Waals surface area contributed by atoms with E-state index in [-0.39, 0.29) is 11.8 Å². The average Bonchev–Trinajstić information content (AvgIpc) is 3.47. The van der Waals surface area contributed by atoms with Crippen molar-refractivity contribution in [1.82, 2.24) is 20.4 Å². The molecule has 27 heavy (non-hydrogen) atoms. The first-order chi connectivity index (χ1) is 13.3. The summed E-state index contributed by atoms with van der Waals surface area (Å²) < 4.78 is 5.15. The van der Waals surface area contributed by atoms with E-state index in [1.807, 2.05) is 12.1 Å². The van der Waals surface area contributed by atoms with Crippen LogP contribution in [0.15, 0.2) is 28.8 Å². The number of nitrogens with zero attached hydrogens (tertiary/aromatic N) is 4. The monoisotopic (exact) mass is 369 g/mol. The fourth-order valence-electron chi connectivity index (χ4n) is 3.82. The van der Waals surface area contributed by atoms with Crippen LogP contribution in [-0.4, -0.2) is 60.2 Å². The van der Waals surface area contributed by atoms with Crippen molar-refractivity contribution < 1.29 is 9.32 Å². The molecule has 2 fully saturated rings. The molecule has 1 N–H and O–H groups in total. The molecule has 1 aromatic heterocycles. The van der Waals surface area contributed by atoms with E-state index in [1.54, 1.807) is 0 Å². The molecule has 4 rings (SSSR count). The van der Waals surface area contributed by atoms with Crippen molar-refractivity contribution >= 4 is 11.6 Å². The highest BCUT2D eigenvalue weighted by Crippen LogP contribution is 2.24. The standard InChI is InChI=1S/C20H27N5O2/c26-19(21-10-5-13-24-11-1-2-12-24)20-22-18(23-27-20)16-6-8-17(9-7-16)25-14-3-4-15-25/h6-9H,1-5,10-15H2,(H,21,26). The van der Waals surface area contributed by atoms with Crippen LogP contribution < -0.4 is 10.2 Å². The first kappa shape index (κ1) is 18.0. The van der Waals surface area contributed by atoms with Crippen LogP contribution in [0.4, 0.5) is 5.69 Å². The number of benzene rings is 1. The zero-order valence-corrected chi connectivity index (χ0v) is 15.7. The second-order valence-corrected chi connectivity index (χ2v) is 7.32. The Bertz CT molecular complexity index is 746. The maximum Gasteiger partial charge on any atom is 0.316 e. The van der Waals surface area contributed by atoms with Gasteiger partial charge < -0.3 is 19.6 Å². The zero-order valence-electron chi connectivity index (χ0n) is 15.7. The largest absolute Gasteiger partial charge is 0.372 e. The molecule has 0 radical (unpaired) electrons. The summed E-state index contributed by atoms with van der Waals surface area (Å²) in [6.07, 6.45) is 6.02. The van der Waals surface area contributed by atoms with Crippen molar-refractivity contribution in [3.8, 4) is 11.4 Å². The van der Waals surface area contributed by atoms with Crippen LogP contribution in [0.1, 0.15) is 42.8 Å². The number of carbonyl (C=O) groups is 1. The molecule has 2 aromatic rings. The Hall–Kier alpha value is -2.41. The first-order valence-corrected chi connectivity index (χ1v) is 9.99. The van der Waals surface area contributed by atoms with Crippen molar-refractivity contribution in [2.24, 2.45) is 0 Å². The van der Waals surface area contributed by atoms with Gasteiger partial charge in [0, 0.05) is 30.9 Å². The molecule has 0 saturated carbocycles. The van der Waals surface area contributed by atoms with Crippen LogP contribution in [0.2, 0.25) is 0 Å². The lowest BCUT2D eigenvalue weighted by Gasteiger charge is -2.17. The molecule has 7 nitrogen and oxygen atoms in total. The van der Waals surface area contributed by atoms with Gasteiger partial charge in [-0.15, -0.1) is 0 Å². The quantitative estimate of drug-likeness (QED) is 0.756. The van der Waals surface area contributed by atoms with Gasteiger partial charge in [-0.25, -0.2) is 0 Å². The molecule has 1 amide bonds. The zero-order chi connectivity index (χ0) is 18.5. The fourth-order valence-corrected chi connectivity index (χ4v) is 3.82. The van der Waals surface area contributed by atoms with E-state index in [0.29, 0.717) is 12.4 Å². The first-order valence-electron chi connectivity index (χ1n) is 9.99. The minimum atomic E-state index is -0.302. The predicted molar refractivity (Wildman–Crippen MR) is 104 cm³/mol. The summed E-state index contributed by atoms with van der Waals surface area (Å²) in [5.41, 5.74) is 2.07. The number of hydrogen-bond acceptors (Lipinski definition) is 6. The molecule has 7 heteroatoms. The van der Waals surface area contributed by atoms with Gasteiger partial charge in [0.25, 0.3) is 0 Å². The van der Waals surface area contributed by atoms with E-state index in [1.165, 1.54) is 44.5 Å². The number of amides is 1. The highest BCUT2D eigenvalue weighted by molar-refractivity contribution is 5.89. The van der Waals surface area contributed by atoms with Crippen molar-refractivity contribution in [1.29, 1.82) is 0 Å². The third kappa shape index (κ3) is 4.47. The molecule has 2 aliphatic heterocycles. The van der Waals surface area contributed by atoms with Crippen LogP contribution in [0.3, 0.4) is 0 Å². The summed E-state index contributed by atoms with van der Waals surface area (Å²) in [4.78, 5) is 21.2. The number of nitrogens with one attached hydrogen (secondary N) is 1. The number of likely N-dealkylation sites (tertiary alicyclic amines) is 1. The topological polar surface area (TPSA) is 74.5 Å². The molecule has 0 aliphatic carbocycles. The Morgan fingerprint density at radius 3 is 2.48 bits per heavy atom. The summed E-state index contributed by atoms with van der Waals surface area (Å²) in [7, 11) is 0. The van der Waals surface area contributed by atoms with E-state index < -0.39 is 0 Å². The second-order valence-electron chi connectivity index (χ2n) is 7.32. The smallest absolute Gasteiger partial charge is 0.316 e. The van der Waals surface area contributed by atoms with E-state index in [9.17, 15) is 4.79 Å². The Balaban J connectivity index is 1.28. The summed E-state index contributed by atoms with van der Waals surface area (Å²) in [6, 6.07) is 8.12. The Labute approximate surface area is 159 Å². The van der Waals surface area contributed by atoms with Gasteiger partial charge in [0.05, 0.1) is 0 Å². The molecule has 0 spiro atoms. The normalized spacial score (nSPS) is 17.6. The van der Waals surface area contributed by atoms with Crippen molar-refractivity contribution in [2.45, 2.75) is 32.1 Å². The Morgan fingerprint density at radius 2 is 1.74 bits per heavy atom. The van der Waals surface area contributed by atoms with Crippen LogP contribution in [0.5, 0.6) is 0 Å². The molecule has 2 aliphatic rings. The van der Waals surface area contributed by atoms with Crippen LogP contribution in [0, 0.1) is 0 Å². The summed E-state index contributed by atoms with van der Waals surface area (Å²) >= 11 is 0. The van der Waals surface area contributed by atoms with E-state index in [4.69, 9.17) is 4.52 Å². The minimum Gasteiger partial charge on any atom is -0.372 e. The number of aromatic nitrogens is 2. The fraction of sp³-hybridized carbons (Fsp3) is 0.550. The third-order valence-electron chi connectivity index (χ3n) is 5.35. The lowest BCUT2D eigenvalue weighted by atomic mass is 10.2. The van der Waals surface area contributed by atoms with Gasteiger partial charge >= 0.3 is 11.8 Å². The van der Waals surface area contributed by atoms with Gasteiger partial charge in [0.1, 0.15) is 0 Å². The molecule has 0 atom stereocenters. The van der Waals surface area contributed by atoms with Gasteiger partial charge in [-0.2, -0.15) is 4.98 Å². The maximum atomic E-state index is 12.2. The summed E-state index contributed by atoms with van der Waals surface area (Å²) in [5, 5.41) is 6.82.